The molecule has 0 unspecified atom stereocenters. The van der Waals surface area contributed by atoms with Crippen LogP contribution in [0.5, 0.6) is 0 Å². The van der Waals surface area contributed by atoms with Gasteiger partial charge in [0.05, 0.1) is 22.4 Å². The number of benzene rings is 6. The van der Waals surface area contributed by atoms with Gasteiger partial charge in [0.1, 0.15) is 0 Å². The summed E-state index contributed by atoms with van der Waals surface area (Å²) in [7, 11) is 0. The van der Waals surface area contributed by atoms with E-state index in [1.54, 1.807) is 0 Å². The van der Waals surface area contributed by atoms with Gasteiger partial charge >= 0.3 is 0 Å². The molecule has 0 spiro atoms. The van der Waals surface area contributed by atoms with E-state index in [0.717, 1.165) is 11.4 Å². The summed E-state index contributed by atoms with van der Waals surface area (Å²) < 4.78 is 4.87. The van der Waals surface area contributed by atoms with Crippen LogP contribution in [0.3, 0.4) is 0 Å². The van der Waals surface area contributed by atoms with Crippen LogP contribution in [0, 0.1) is 0 Å². The van der Waals surface area contributed by atoms with Crippen LogP contribution >= 0.6 is 0 Å². The summed E-state index contributed by atoms with van der Waals surface area (Å²) in [4.78, 5) is 0. The second kappa shape index (κ2) is 10.1. The fourth-order valence-corrected chi connectivity index (χ4v) is 6.42. The molecule has 2 heteroatoms. The van der Waals surface area contributed by atoms with Crippen LogP contribution in [0.25, 0.3) is 66.8 Å². The molecular formula is C40H28N2. The molecule has 0 amide bonds. The molecule has 2 aromatic heterocycles. The molecule has 0 aliphatic carbocycles. The highest BCUT2D eigenvalue weighted by molar-refractivity contribution is 6.16. The summed E-state index contributed by atoms with van der Waals surface area (Å²) in [6.45, 7) is 0. The van der Waals surface area contributed by atoms with E-state index in [9.17, 15) is 0 Å². The van der Waals surface area contributed by atoms with E-state index in [-0.39, 0.29) is 0 Å². The van der Waals surface area contributed by atoms with E-state index < -0.39 is 0 Å². The summed E-state index contributed by atoms with van der Waals surface area (Å²) in [6, 6.07) is 60.8. The molecule has 0 bridgehead atoms. The molecule has 0 aliphatic rings. The van der Waals surface area contributed by atoms with E-state index in [0.29, 0.717) is 0 Å². The van der Waals surface area contributed by atoms with E-state index in [1.165, 1.54) is 55.4 Å². The number of rotatable bonds is 5. The van der Waals surface area contributed by atoms with Gasteiger partial charge in [0.2, 0.25) is 0 Å². The largest absolute Gasteiger partial charge is 0.309 e. The fourth-order valence-electron chi connectivity index (χ4n) is 6.42. The molecule has 0 saturated carbocycles. The normalized spacial score (nSPS) is 11.3. The molecule has 8 rings (SSSR count). The van der Waals surface area contributed by atoms with Crippen molar-refractivity contribution < 1.29 is 0 Å². The maximum absolute atomic E-state index is 2.43. The molecule has 0 radical (unpaired) electrons. The Balaban J connectivity index is 1.62. The minimum Gasteiger partial charge on any atom is -0.309 e. The maximum atomic E-state index is 2.43. The van der Waals surface area contributed by atoms with Crippen molar-refractivity contribution in [3.05, 3.63) is 170 Å². The Morgan fingerprint density at radius 2 is 0.595 bits per heavy atom. The van der Waals surface area contributed by atoms with Gasteiger partial charge in [-0.1, -0.05) is 133 Å². The number of aromatic nitrogens is 2. The molecule has 0 N–H and O–H groups in total. The Morgan fingerprint density at radius 3 is 0.976 bits per heavy atom. The van der Waals surface area contributed by atoms with Crippen LogP contribution in [0.1, 0.15) is 0 Å². The van der Waals surface area contributed by atoms with Gasteiger partial charge in [0, 0.05) is 33.3 Å². The lowest BCUT2D eigenvalue weighted by atomic mass is 9.93. The van der Waals surface area contributed by atoms with Gasteiger partial charge in [0.15, 0.2) is 0 Å². The smallest absolute Gasteiger partial charge is 0.0620 e. The minimum absolute atomic E-state index is 1.15. The van der Waals surface area contributed by atoms with Gasteiger partial charge in [-0.15, -0.1) is 0 Å². The first kappa shape index (κ1) is 24.2. The number of para-hydroxylation sites is 4. The standard InChI is InChI=1S/C40H28N2/c1-5-17-29(18-6-1)39-37(33-25-13-15-27-35(33)41(39)31-21-9-3-10-22-31)38-34-26-14-16-28-36(34)42(32-23-11-4-12-24-32)40(38)30-19-7-2-8-20-30/h1-28H. The molecule has 0 atom stereocenters. The fraction of sp³-hybridized carbons (Fsp3) is 0. The predicted octanol–water partition coefficient (Wildman–Crippen LogP) is 10.6. The van der Waals surface area contributed by atoms with Crippen molar-refractivity contribution in [2.75, 3.05) is 0 Å². The van der Waals surface area contributed by atoms with Crippen LogP contribution < -0.4 is 0 Å². The predicted molar refractivity (Wildman–Crippen MR) is 176 cm³/mol. The molecular weight excluding hydrogens is 508 g/mol. The van der Waals surface area contributed by atoms with Crippen molar-refractivity contribution >= 4 is 21.8 Å². The molecule has 198 valence electrons. The first-order valence-electron chi connectivity index (χ1n) is 14.4. The van der Waals surface area contributed by atoms with Gasteiger partial charge in [-0.3, -0.25) is 0 Å². The zero-order valence-electron chi connectivity index (χ0n) is 23.1. The zero-order valence-corrected chi connectivity index (χ0v) is 23.1. The Bertz CT molecular complexity index is 2000. The summed E-state index contributed by atoms with van der Waals surface area (Å²) in [5.41, 5.74) is 11.9. The van der Waals surface area contributed by atoms with Gasteiger partial charge < -0.3 is 9.13 Å². The SMILES string of the molecule is c1ccc(-c2c(-c3c(-c4ccccc4)n(-c4ccccc4)c4ccccc34)c3ccccc3n2-c2ccccc2)cc1. The first-order chi connectivity index (χ1) is 20.9. The van der Waals surface area contributed by atoms with Crippen molar-refractivity contribution in [1.82, 2.24) is 9.13 Å². The molecule has 2 heterocycles. The number of fused-ring (bicyclic) bond motifs is 2. The molecule has 6 aromatic carbocycles. The van der Waals surface area contributed by atoms with Gasteiger partial charge in [-0.25, -0.2) is 0 Å². The lowest BCUT2D eigenvalue weighted by Gasteiger charge is -2.16. The van der Waals surface area contributed by atoms with Crippen LogP contribution in [0.2, 0.25) is 0 Å². The lowest BCUT2D eigenvalue weighted by Crippen LogP contribution is -1.99. The molecule has 42 heavy (non-hydrogen) atoms. The Kier molecular flexibility index (Phi) is 5.82. The zero-order chi connectivity index (χ0) is 27.9. The average molecular weight is 537 g/mol. The molecule has 0 saturated heterocycles. The van der Waals surface area contributed by atoms with Gasteiger partial charge in [0.25, 0.3) is 0 Å². The monoisotopic (exact) mass is 536 g/mol. The second-order valence-electron chi connectivity index (χ2n) is 10.6. The minimum atomic E-state index is 1.15. The highest BCUT2D eigenvalue weighted by Gasteiger charge is 2.28. The molecule has 0 aliphatic heterocycles. The Morgan fingerprint density at radius 1 is 0.286 bits per heavy atom. The van der Waals surface area contributed by atoms with Crippen molar-refractivity contribution in [1.29, 1.82) is 0 Å². The van der Waals surface area contributed by atoms with Crippen LogP contribution in [0.4, 0.5) is 0 Å². The maximum Gasteiger partial charge on any atom is 0.0620 e. The third-order valence-corrected chi connectivity index (χ3v) is 8.12. The van der Waals surface area contributed by atoms with Crippen LogP contribution in [-0.4, -0.2) is 9.13 Å². The Labute approximate surface area is 245 Å². The number of hydrogen-bond acceptors (Lipinski definition) is 0. The highest BCUT2D eigenvalue weighted by Crippen LogP contribution is 2.50. The van der Waals surface area contributed by atoms with E-state index >= 15 is 0 Å². The Hall–Kier alpha value is -5.60. The average Bonchev–Trinajstić information content (AvgIpc) is 3.59. The highest BCUT2D eigenvalue weighted by atomic mass is 15.0. The van der Waals surface area contributed by atoms with Crippen molar-refractivity contribution in [3.8, 4) is 45.0 Å². The third-order valence-electron chi connectivity index (χ3n) is 8.12. The van der Waals surface area contributed by atoms with Crippen molar-refractivity contribution in [2.24, 2.45) is 0 Å². The quantitative estimate of drug-likeness (QED) is 0.207. The van der Waals surface area contributed by atoms with E-state index in [4.69, 9.17) is 0 Å². The molecule has 0 fully saturated rings. The second-order valence-corrected chi connectivity index (χ2v) is 10.6. The summed E-state index contributed by atoms with van der Waals surface area (Å²) in [5, 5.41) is 2.46. The van der Waals surface area contributed by atoms with E-state index in [1.807, 2.05) is 0 Å². The summed E-state index contributed by atoms with van der Waals surface area (Å²) in [5.74, 6) is 0. The molecule has 8 aromatic rings. The summed E-state index contributed by atoms with van der Waals surface area (Å²) in [6.07, 6.45) is 0. The lowest BCUT2D eigenvalue weighted by molar-refractivity contribution is 1.13. The first-order valence-corrected chi connectivity index (χ1v) is 14.4. The third kappa shape index (κ3) is 3.81. The topological polar surface area (TPSA) is 9.86 Å². The van der Waals surface area contributed by atoms with E-state index in [2.05, 4.69) is 179 Å². The number of nitrogens with zero attached hydrogens (tertiary/aromatic N) is 2. The van der Waals surface area contributed by atoms with Crippen LogP contribution in [0.15, 0.2) is 170 Å². The van der Waals surface area contributed by atoms with Crippen molar-refractivity contribution in [2.45, 2.75) is 0 Å². The summed E-state index contributed by atoms with van der Waals surface area (Å²) >= 11 is 0. The molecule has 2 nitrogen and oxygen atoms in total. The van der Waals surface area contributed by atoms with Crippen LogP contribution in [-0.2, 0) is 0 Å². The van der Waals surface area contributed by atoms with Gasteiger partial charge in [-0.05, 0) is 47.5 Å². The number of hydrogen-bond donors (Lipinski definition) is 0. The van der Waals surface area contributed by atoms with Crippen molar-refractivity contribution in [3.63, 3.8) is 0 Å². The van der Waals surface area contributed by atoms with Gasteiger partial charge in [-0.2, -0.15) is 0 Å².